The molecule has 1 aromatic rings. The summed E-state index contributed by atoms with van der Waals surface area (Å²) in [6.45, 7) is 4.90. The molecule has 0 radical (unpaired) electrons. The van der Waals surface area contributed by atoms with Crippen LogP contribution in [0.15, 0.2) is 40.9 Å². The summed E-state index contributed by atoms with van der Waals surface area (Å²) < 4.78 is 23.5. The summed E-state index contributed by atoms with van der Waals surface area (Å²) in [4.78, 5) is 0.452. The Balaban J connectivity index is 2.98. The lowest BCUT2D eigenvalue weighted by Gasteiger charge is -1.97. The van der Waals surface area contributed by atoms with Crippen LogP contribution < -0.4 is 0 Å². The van der Waals surface area contributed by atoms with Crippen LogP contribution in [-0.2, 0) is 10.8 Å². The van der Waals surface area contributed by atoms with E-state index < -0.39 is 16.0 Å². The number of hydrogen-bond donors (Lipinski definition) is 0. The van der Waals surface area contributed by atoms with Crippen molar-refractivity contribution in [1.82, 2.24) is 0 Å². The zero-order valence-electron chi connectivity index (χ0n) is 6.71. The van der Waals surface area contributed by atoms with Gasteiger partial charge in [-0.05, 0) is 19.1 Å². The van der Waals surface area contributed by atoms with Crippen LogP contribution in [0.2, 0.25) is 0 Å². The average Bonchev–Trinajstić information content (AvgIpc) is 2.04. The van der Waals surface area contributed by atoms with Gasteiger partial charge in [-0.2, -0.15) is 4.39 Å². The van der Waals surface area contributed by atoms with Crippen molar-refractivity contribution in [3.63, 3.8) is 0 Å². The third-order valence-electron chi connectivity index (χ3n) is 1.44. The first kappa shape index (κ1) is 9.13. The number of rotatable bonds is 2. The zero-order valence-corrected chi connectivity index (χ0v) is 7.53. The lowest BCUT2D eigenvalue weighted by molar-refractivity contribution is 0.652. The lowest BCUT2D eigenvalue weighted by atomic mass is 10.2. The van der Waals surface area contributed by atoms with E-state index in [-0.39, 0.29) is 0 Å². The smallest absolute Gasteiger partial charge is 0.184 e. The molecule has 3 heteroatoms. The van der Waals surface area contributed by atoms with E-state index in [1.54, 1.807) is 24.3 Å². The first-order valence-electron chi connectivity index (χ1n) is 3.44. The molecule has 1 atom stereocenters. The summed E-state index contributed by atoms with van der Waals surface area (Å²) >= 11 is 0. The minimum atomic E-state index is -1.70. The second-order valence-electron chi connectivity index (χ2n) is 2.44. The van der Waals surface area contributed by atoms with E-state index in [1.165, 1.54) is 0 Å². The highest BCUT2D eigenvalue weighted by Gasteiger charge is 2.05. The van der Waals surface area contributed by atoms with Crippen molar-refractivity contribution in [2.45, 2.75) is 11.8 Å². The molecule has 0 bridgehead atoms. The monoisotopic (exact) mass is 184 g/mol. The second kappa shape index (κ2) is 3.63. The van der Waals surface area contributed by atoms with Crippen LogP contribution in [0.1, 0.15) is 5.56 Å². The van der Waals surface area contributed by atoms with Gasteiger partial charge < -0.3 is 0 Å². The van der Waals surface area contributed by atoms with Crippen molar-refractivity contribution in [2.24, 2.45) is 0 Å². The fraction of sp³-hybridized carbons (Fsp3) is 0.111. The molecule has 0 N–H and O–H groups in total. The van der Waals surface area contributed by atoms with Crippen LogP contribution >= 0.6 is 0 Å². The van der Waals surface area contributed by atoms with Gasteiger partial charge in [0.2, 0.25) is 0 Å². The molecule has 0 saturated heterocycles. The molecular formula is C9H9FOS. The van der Waals surface area contributed by atoms with Crippen LogP contribution in [-0.4, -0.2) is 4.21 Å². The summed E-state index contributed by atoms with van der Waals surface area (Å²) in [7, 11) is -1.70. The third-order valence-corrected chi connectivity index (χ3v) is 2.54. The highest BCUT2D eigenvalue weighted by Crippen LogP contribution is 2.14. The van der Waals surface area contributed by atoms with Crippen molar-refractivity contribution in [3.8, 4) is 0 Å². The summed E-state index contributed by atoms with van der Waals surface area (Å²) in [6, 6.07) is 6.85. The van der Waals surface area contributed by atoms with E-state index in [0.29, 0.717) is 4.90 Å². The van der Waals surface area contributed by atoms with E-state index in [4.69, 9.17) is 0 Å². The molecule has 0 fully saturated rings. The van der Waals surface area contributed by atoms with Crippen molar-refractivity contribution in [1.29, 1.82) is 0 Å². The predicted octanol–water partition coefficient (Wildman–Crippen LogP) is 2.54. The summed E-state index contributed by atoms with van der Waals surface area (Å²) in [5.41, 5.74) is 1.06. The van der Waals surface area contributed by atoms with Gasteiger partial charge in [0.25, 0.3) is 0 Å². The Labute approximate surface area is 73.4 Å². The van der Waals surface area contributed by atoms with Crippen molar-refractivity contribution < 1.29 is 8.60 Å². The molecule has 0 amide bonds. The van der Waals surface area contributed by atoms with E-state index in [0.717, 1.165) is 5.56 Å². The Kier molecular flexibility index (Phi) is 2.76. The van der Waals surface area contributed by atoms with Crippen LogP contribution in [0.4, 0.5) is 4.39 Å². The maximum absolute atomic E-state index is 12.4. The Hall–Kier alpha value is -0.960. The van der Waals surface area contributed by atoms with E-state index >= 15 is 0 Å². The molecule has 0 aliphatic rings. The normalized spacial score (nSPS) is 12.5. The molecule has 12 heavy (non-hydrogen) atoms. The number of halogens is 1. The molecule has 1 nitrogen and oxygen atoms in total. The first-order valence-corrected chi connectivity index (χ1v) is 4.59. The molecule has 1 aromatic carbocycles. The summed E-state index contributed by atoms with van der Waals surface area (Å²) in [5.74, 6) is 0. The first-order chi connectivity index (χ1) is 5.61. The fourth-order valence-electron chi connectivity index (χ4n) is 0.790. The second-order valence-corrected chi connectivity index (χ2v) is 3.89. The predicted molar refractivity (Wildman–Crippen MR) is 47.8 cm³/mol. The van der Waals surface area contributed by atoms with Crippen LogP contribution in [0.25, 0.3) is 0 Å². The fourth-order valence-corrected chi connectivity index (χ4v) is 1.43. The highest BCUT2D eigenvalue weighted by atomic mass is 32.2. The molecule has 64 valence electrons. The average molecular weight is 184 g/mol. The van der Waals surface area contributed by atoms with Crippen LogP contribution in [0, 0.1) is 6.92 Å². The van der Waals surface area contributed by atoms with Gasteiger partial charge in [0, 0.05) is 4.90 Å². The van der Waals surface area contributed by atoms with Crippen LogP contribution in [0.5, 0.6) is 0 Å². The number of aryl methyl sites for hydroxylation is 1. The maximum Gasteiger partial charge on any atom is 0.184 e. The number of benzene rings is 1. The Bertz CT molecular complexity index is 316. The molecule has 0 saturated carbocycles. The van der Waals surface area contributed by atoms with Gasteiger partial charge in [-0.25, -0.2) is 4.21 Å². The van der Waals surface area contributed by atoms with Gasteiger partial charge in [0.15, 0.2) is 5.16 Å². The Morgan fingerprint density at radius 3 is 2.33 bits per heavy atom. The molecule has 0 heterocycles. The standard InChI is InChI=1S/C9H9FOS/c1-7-3-5-9(6-4-7)12(11)8(2)10/h3-6H,2H2,1H3. The van der Waals surface area contributed by atoms with Gasteiger partial charge in [0.1, 0.15) is 10.8 Å². The van der Waals surface area contributed by atoms with Gasteiger partial charge in [-0.15, -0.1) is 0 Å². The molecule has 0 aromatic heterocycles. The quantitative estimate of drug-likeness (QED) is 0.690. The molecule has 0 aliphatic carbocycles. The molecule has 0 aliphatic heterocycles. The van der Waals surface area contributed by atoms with Gasteiger partial charge >= 0.3 is 0 Å². The zero-order chi connectivity index (χ0) is 9.14. The van der Waals surface area contributed by atoms with Crippen molar-refractivity contribution in [2.75, 3.05) is 0 Å². The van der Waals surface area contributed by atoms with Crippen molar-refractivity contribution in [3.05, 3.63) is 41.6 Å². The SMILES string of the molecule is C=C(F)S(=O)c1ccc(C)cc1. The maximum atomic E-state index is 12.4. The molecular weight excluding hydrogens is 175 g/mol. The molecule has 1 rings (SSSR count). The third kappa shape index (κ3) is 2.01. The van der Waals surface area contributed by atoms with E-state index in [9.17, 15) is 8.60 Å². The largest absolute Gasteiger partial charge is 0.247 e. The summed E-state index contributed by atoms with van der Waals surface area (Å²) in [6.07, 6.45) is 0. The van der Waals surface area contributed by atoms with Gasteiger partial charge in [0.05, 0.1) is 0 Å². The van der Waals surface area contributed by atoms with Gasteiger partial charge in [-0.3, -0.25) is 0 Å². The number of hydrogen-bond acceptors (Lipinski definition) is 1. The molecule has 0 spiro atoms. The van der Waals surface area contributed by atoms with E-state index in [1.807, 2.05) is 6.92 Å². The van der Waals surface area contributed by atoms with Crippen LogP contribution in [0.3, 0.4) is 0 Å². The molecule has 1 unspecified atom stereocenters. The highest BCUT2D eigenvalue weighted by molar-refractivity contribution is 7.88. The minimum absolute atomic E-state index is 0.452. The Morgan fingerprint density at radius 2 is 1.92 bits per heavy atom. The van der Waals surface area contributed by atoms with Crippen molar-refractivity contribution >= 4 is 10.8 Å². The lowest BCUT2D eigenvalue weighted by Crippen LogP contribution is -1.89. The van der Waals surface area contributed by atoms with E-state index in [2.05, 4.69) is 6.58 Å². The Morgan fingerprint density at radius 1 is 1.42 bits per heavy atom. The minimum Gasteiger partial charge on any atom is -0.247 e. The summed E-state index contributed by atoms with van der Waals surface area (Å²) in [5, 5.41) is -0.807. The topological polar surface area (TPSA) is 17.1 Å². The van der Waals surface area contributed by atoms with Gasteiger partial charge in [-0.1, -0.05) is 24.3 Å².